The Balaban J connectivity index is 1.93. The molecule has 0 saturated heterocycles. The van der Waals surface area contributed by atoms with Crippen molar-refractivity contribution in [1.82, 2.24) is 0 Å². The van der Waals surface area contributed by atoms with Crippen LogP contribution in [0.5, 0.6) is 0 Å². The summed E-state index contributed by atoms with van der Waals surface area (Å²) in [6, 6.07) is 0. The van der Waals surface area contributed by atoms with Gasteiger partial charge in [-0.1, -0.05) is 97.1 Å². The molecule has 0 aromatic carbocycles. The van der Waals surface area contributed by atoms with Gasteiger partial charge >= 0.3 is 0 Å². The normalized spacial score (nSPS) is 21.8. The Morgan fingerprint density at radius 1 is 0.963 bits per heavy atom. The Morgan fingerprint density at radius 2 is 1.63 bits per heavy atom. The smallest absolute Gasteiger partial charge is 0.0284 e. The van der Waals surface area contributed by atoms with Crippen LogP contribution in [0, 0.1) is 29.6 Å². The van der Waals surface area contributed by atoms with Gasteiger partial charge in [-0.3, -0.25) is 0 Å². The van der Waals surface area contributed by atoms with Gasteiger partial charge in [-0.25, -0.2) is 0 Å². The van der Waals surface area contributed by atoms with Crippen LogP contribution in [0.25, 0.3) is 0 Å². The van der Waals surface area contributed by atoms with Crippen molar-refractivity contribution in [3.8, 4) is 0 Å². The molecular formula is C27H50. The van der Waals surface area contributed by atoms with Crippen LogP contribution in [0.3, 0.4) is 0 Å². The van der Waals surface area contributed by atoms with Crippen molar-refractivity contribution in [3.05, 3.63) is 11.1 Å². The molecule has 0 N–H and O–H groups in total. The van der Waals surface area contributed by atoms with Crippen molar-refractivity contribution in [2.45, 2.75) is 131 Å². The summed E-state index contributed by atoms with van der Waals surface area (Å²) in [5.41, 5.74) is 3.74. The minimum atomic E-state index is 0.821. The van der Waals surface area contributed by atoms with Crippen molar-refractivity contribution < 1.29 is 0 Å². The van der Waals surface area contributed by atoms with Crippen LogP contribution in [-0.4, -0.2) is 0 Å². The Labute approximate surface area is 172 Å². The highest BCUT2D eigenvalue weighted by Gasteiger charge is 2.26. The van der Waals surface area contributed by atoms with Gasteiger partial charge in [0.2, 0.25) is 0 Å². The SMILES string of the molecule is CCCC(CC(C(C)C)C(C)CC(CC)CCC1CCCC1)=C1CCCC1. The van der Waals surface area contributed by atoms with E-state index in [2.05, 4.69) is 34.6 Å². The zero-order valence-corrected chi connectivity index (χ0v) is 19.5. The van der Waals surface area contributed by atoms with Gasteiger partial charge in [0.15, 0.2) is 0 Å². The predicted octanol–water partition coefficient (Wildman–Crippen LogP) is 9.34. The molecule has 0 aromatic heterocycles. The first-order valence-corrected chi connectivity index (χ1v) is 12.7. The number of hydrogen-bond acceptors (Lipinski definition) is 0. The Morgan fingerprint density at radius 3 is 2.19 bits per heavy atom. The highest BCUT2D eigenvalue weighted by atomic mass is 14.3. The second-order valence-electron chi connectivity index (χ2n) is 10.5. The highest BCUT2D eigenvalue weighted by Crippen LogP contribution is 2.39. The van der Waals surface area contributed by atoms with Crippen LogP contribution < -0.4 is 0 Å². The monoisotopic (exact) mass is 374 g/mol. The van der Waals surface area contributed by atoms with E-state index in [1.54, 1.807) is 0 Å². The highest BCUT2D eigenvalue weighted by molar-refractivity contribution is 5.18. The van der Waals surface area contributed by atoms with Crippen LogP contribution in [-0.2, 0) is 0 Å². The van der Waals surface area contributed by atoms with E-state index in [0.29, 0.717) is 0 Å². The molecule has 0 aromatic rings. The van der Waals surface area contributed by atoms with Crippen LogP contribution in [0.2, 0.25) is 0 Å². The molecule has 0 bridgehead atoms. The minimum Gasteiger partial charge on any atom is -0.0710 e. The molecule has 0 radical (unpaired) electrons. The lowest BCUT2D eigenvalue weighted by Crippen LogP contribution is -2.22. The fourth-order valence-corrected chi connectivity index (χ4v) is 6.22. The maximum absolute atomic E-state index is 2.59. The van der Waals surface area contributed by atoms with Crippen molar-refractivity contribution >= 4 is 0 Å². The van der Waals surface area contributed by atoms with E-state index in [4.69, 9.17) is 0 Å². The fraction of sp³-hybridized carbons (Fsp3) is 0.926. The van der Waals surface area contributed by atoms with Crippen molar-refractivity contribution in [3.63, 3.8) is 0 Å². The molecule has 0 aliphatic heterocycles. The van der Waals surface area contributed by atoms with Crippen LogP contribution in [0.1, 0.15) is 131 Å². The molecule has 0 spiro atoms. The third-order valence-electron chi connectivity index (χ3n) is 8.07. The summed E-state index contributed by atoms with van der Waals surface area (Å²) in [6.45, 7) is 12.4. The first kappa shape index (κ1) is 23.0. The van der Waals surface area contributed by atoms with Gasteiger partial charge in [0.25, 0.3) is 0 Å². The lowest BCUT2D eigenvalue weighted by molar-refractivity contribution is 0.212. The molecule has 2 fully saturated rings. The van der Waals surface area contributed by atoms with Gasteiger partial charge in [-0.2, -0.15) is 0 Å². The summed E-state index contributed by atoms with van der Waals surface area (Å²) < 4.78 is 0. The summed E-state index contributed by atoms with van der Waals surface area (Å²) in [5, 5.41) is 0. The maximum Gasteiger partial charge on any atom is -0.0284 e. The number of rotatable bonds is 12. The van der Waals surface area contributed by atoms with Crippen LogP contribution in [0.15, 0.2) is 11.1 Å². The molecule has 2 rings (SSSR count). The molecule has 158 valence electrons. The van der Waals surface area contributed by atoms with Gasteiger partial charge in [0, 0.05) is 0 Å². The van der Waals surface area contributed by atoms with Crippen LogP contribution in [0.4, 0.5) is 0 Å². The summed E-state index contributed by atoms with van der Waals surface area (Å²) in [7, 11) is 0. The van der Waals surface area contributed by atoms with E-state index in [1.807, 2.05) is 11.1 Å². The van der Waals surface area contributed by atoms with Crippen molar-refractivity contribution in [2.24, 2.45) is 29.6 Å². The lowest BCUT2D eigenvalue weighted by Gasteiger charge is -2.32. The quantitative estimate of drug-likeness (QED) is 0.298. The van der Waals surface area contributed by atoms with Gasteiger partial charge in [-0.05, 0) is 74.5 Å². The molecule has 3 unspecified atom stereocenters. The Kier molecular flexibility index (Phi) is 10.5. The van der Waals surface area contributed by atoms with Gasteiger partial charge in [-0.15, -0.1) is 0 Å². The molecule has 2 aliphatic rings. The molecule has 0 amide bonds. The third-order valence-corrected chi connectivity index (χ3v) is 8.07. The molecule has 2 saturated carbocycles. The van der Waals surface area contributed by atoms with E-state index >= 15 is 0 Å². The average molecular weight is 375 g/mol. The Bertz CT molecular complexity index is 415. The summed E-state index contributed by atoms with van der Waals surface area (Å²) in [6.07, 6.45) is 21.7. The Hall–Kier alpha value is -0.260. The zero-order chi connectivity index (χ0) is 19.6. The summed E-state index contributed by atoms with van der Waals surface area (Å²) in [4.78, 5) is 0. The van der Waals surface area contributed by atoms with Crippen molar-refractivity contribution in [2.75, 3.05) is 0 Å². The topological polar surface area (TPSA) is 0 Å². The number of hydrogen-bond donors (Lipinski definition) is 0. The molecular weight excluding hydrogens is 324 g/mol. The van der Waals surface area contributed by atoms with Crippen LogP contribution >= 0.6 is 0 Å². The second kappa shape index (κ2) is 12.3. The van der Waals surface area contributed by atoms with E-state index in [1.165, 1.54) is 96.3 Å². The van der Waals surface area contributed by atoms with Gasteiger partial charge in [0.05, 0.1) is 0 Å². The molecule has 0 heteroatoms. The fourth-order valence-electron chi connectivity index (χ4n) is 6.22. The first-order valence-electron chi connectivity index (χ1n) is 12.7. The van der Waals surface area contributed by atoms with E-state index < -0.39 is 0 Å². The largest absolute Gasteiger partial charge is 0.0710 e. The van der Waals surface area contributed by atoms with Gasteiger partial charge < -0.3 is 0 Å². The molecule has 27 heavy (non-hydrogen) atoms. The maximum atomic E-state index is 2.59. The number of allylic oxidation sites excluding steroid dienone is 2. The molecule has 3 atom stereocenters. The molecule has 2 aliphatic carbocycles. The van der Waals surface area contributed by atoms with Gasteiger partial charge in [0.1, 0.15) is 0 Å². The lowest BCUT2D eigenvalue weighted by atomic mass is 9.74. The van der Waals surface area contributed by atoms with E-state index in [9.17, 15) is 0 Å². The van der Waals surface area contributed by atoms with Crippen molar-refractivity contribution in [1.29, 1.82) is 0 Å². The zero-order valence-electron chi connectivity index (χ0n) is 19.5. The summed E-state index contributed by atoms with van der Waals surface area (Å²) >= 11 is 0. The summed E-state index contributed by atoms with van der Waals surface area (Å²) in [5.74, 6) is 4.63. The minimum absolute atomic E-state index is 0.821. The van der Waals surface area contributed by atoms with E-state index in [-0.39, 0.29) is 0 Å². The second-order valence-corrected chi connectivity index (χ2v) is 10.5. The average Bonchev–Trinajstić information content (AvgIpc) is 3.35. The standard InChI is InChI=1S/C27H50/c1-6-12-26(25-15-10-11-16-25)20-27(21(3)4)22(5)19-23(7-2)17-18-24-13-8-9-14-24/h21-24,27H,6-20H2,1-5H3. The molecule has 0 nitrogen and oxygen atoms in total. The van der Waals surface area contributed by atoms with E-state index in [0.717, 1.165) is 29.6 Å². The molecule has 0 heterocycles. The third kappa shape index (κ3) is 7.58. The predicted molar refractivity (Wildman–Crippen MR) is 122 cm³/mol. The first-order chi connectivity index (χ1) is 13.0.